The van der Waals surface area contributed by atoms with Crippen LogP contribution in [0.4, 0.5) is 5.69 Å². The third-order valence-electron chi connectivity index (χ3n) is 5.67. The fraction of sp³-hybridized carbons (Fsp3) is 0.217. The van der Waals surface area contributed by atoms with Crippen LogP contribution in [0.3, 0.4) is 0 Å². The van der Waals surface area contributed by atoms with Gasteiger partial charge in [0.05, 0.1) is 28.9 Å². The van der Waals surface area contributed by atoms with Gasteiger partial charge in [0.25, 0.3) is 11.5 Å². The summed E-state index contributed by atoms with van der Waals surface area (Å²) in [5.41, 5.74) is 2.58. The van der Waals surface area contributed by atoms with E-state index in [1.807, 2.05) is 53.3 Å². The van der Waals surface area contributed by atoms with Gasteiger partial charge in [-0.1, -0.05) is 43.2 Å². The average molecular weight is 399 g/mol. The fourth-order valence-electron chi connectivity index (χ4n) is 4.07. The molecule has 0 radical (unpaired) electrons. The van der Waals surface area contributed by atoms with Crippen molar-refractivity contribution in [2.45, 2.75) is 31.7 Å². The molecule has 0 spiro atoms. The minimum absolute atomic E-state index is 0.181. The van der Waals surface area contributed by atoms with E-state index in [1.165, 1.54) is 12.8 Å². The first-order valence-electron chi connectivity index (χ1n) is 10.1. The zero-order chi connectivity index (χ0) is 20.5. The highest BCUT2D eigenvalue weighted by Gasteiger charge is 2.19. The number of hydrogen-bond donors (Lipinski definition) is 2. The molecule has 2 heterocycles. The number of benzene rings is 2. The summed E-state index contributed by atoms with van der Waals surface area (Å²) in [6.07, 6.45) is 8.14. The third-order valence-corrected chi connectivity index (χ3v) is 5.67. The maximum atomic E-state index is 12.6. The Balaban J connectivity index is 1.35. The summed E-state index contributed by atoms with van der Waals surface area (Å²) in [6, 6.07) is 15.2. The number of fused-ring (bicyclic) bond motifs is 1. The highest BCUT2D eigenvalue weighted by Crippen LogP contribution is 2.29. The molecule has 5 rings (SSSR count). The first kappa shape index (κ1) is 18.3. The summed E-state index contributed by atoms with van der Waals surface area (Å²) in [5.74, 6) is -0.181. The number of anilines is 1. The van der Waals surface area contributed by atoms with Gasteiger partial charge >= 0.3 is 0 Å². The molecule has 0 saturated heterocycles. The largest absolute Gasteiger partial charge is 0.322 e. The van der Waals surface area contributed by atoms with Crippen molar-refractivity contribution < 1.29 is 4.79 Å². The number of rotatable bonds is 4. The smallest absolute Gasteiger partial charge is 0.272 e. The van der Waals surface area contributed by atoms with Crippen LogP contribution in [0.15, 0.2) is 65.7 Å². The number of aromatic nitrogens is 4. The predicted octanol–water partition coefficient (Wildman–Crippen LogP) is 4.15. The SMILES string of the molecule is O=C(Nc1ccc(-c2n[nH]c(=O)c3ccccc23)cc1)c1cnn(C2CCCC2)c1. The van der Waals surface area contributed by atoms with E-state index in [0.29, 0.717) is 28.4 Å². The van der Waals surface area contributed by atoms with Crippen LogP contribution in [0.2, 0.25) is 0 Å². The topological polar surface area (TPSA) is 92.7 Å². The summed E-state index contributed by atoms with van der Waals surface area (Å²) in [5, 5.41) is 15.4. The van der Waals surface area contributed by atoms with Gasteiger partial charge in [0.15, 0.2) is 0 Å². The molecule has 1 aliphatic rings. The summed E-state index contributed by atoms with van der Waals surface area (Å²) in [7, 11) is 0. The molecule has 7 heteroatoms. The van der Waals surface area contributed by atoms with Crippen molar-refractivity contribution in [1.82, 2.24) is 20.0 Å². The summed E-state index contributed by atoms with van der Waals surface area (Å²) < 4.78 is 1.91. The highest BCUT2D eigenvalue weighted by atomic mass is 16.1. The second kappa shape index (κ2) is 7.59. The minimum atomic E-state index is -0.212. The Bertz CT molecular complexity index is 1270. The summed E-state index contributed by atoms with van der Waals surface area (Å²) >= 11 is 0. The van der Waals surface area contributed by atoms with Gasteiger partial charge in [0, 0.05) is 22.8 Å². The summed E-state index contributed by atoms with van der Waals surface area (Å²) in [6.45, 7) is 0. The molecular formula is C23H21N5O2. The van der Waals surface area contributed by atoms with Gasteiger partial charge in [0.1, 0.15) is 0 Å². The van der Waals surface area contributed by atoms with E-state index in [2.05, 4.69) is 20.6 Å². The molecule has 1 aliphatic carbocycles. The standard InChI is InChI=1S/C23H21N5O2/c29-22(16-13-24-28(14-16)18-5-1-2-6-18)25-17-11-9-15(10-12-17)21-19-7-3-4-8-20(19)23(30)27-26-21/h3-4,7-14,18H,1-2,5-6H2,(H,25,29)(H,27,30). The number of hydrogen-bond acceptors (Lipinski definition) is 4. The highest BCUT2D eigenvalue weighted by molar-refractivity contribution is 6.04. The van der Waals surface area contributed by atoms with Gasteiger partial charge in [-0.05, 0) is 31.0 Å². The van der Waals surface area contributed by atoms with Crippen molar-refractivity contribution in [1.29, 1.82) is 0 Å². The quantitative estimate of drug-likeness (QED) is 0.539. The van der Waals surface area contributed by atoms with Crippen LogP contribution in [0, 0.1) is 0 Å². The lowest BCUT2D eigenvalue weighted by Crippen LogP contribution is -2.11. The molecule has 0 aliphatic heterocycles. The Morgan fingerprint density at radius 2 is 1.77 bits per heavy atom. The van der Waals surface area contributed by atoms with Crippen LogP contribution >= 0.6 is 0 Å². The van der Waals surface area contributed by atoms with Gasteiger partial charge in [-0.15, -0.1) is 0 Å². The Morgan fingerprint density at radius 1 is 1.03 bits per heavy atom. The van der Waals surface area contributed by atoms with E-state index in [1.54, 1.807) is 12.3 Å². The molecule has 2 aromatic heterocycles. The molecule has 0 bridgehead atoms. The van der Waals surface area contributed by atoms with E-state index in [4.69, 9.17) is 0 Å². The zero-order valence-corrected chi connectivity index (χ0v) is 16.3. The lowest BCUT2D eigenvalue weighted by Gasteiger charge is -2.09. The van der Waals surface area contributed by atoms with E-state index in [9.17, 15) is 9.59 Å². The molecule has 150 valence electrons. The van der Waals surface area contributed by atoms with Crippen LogP contribution in [-0.4, -0.2) is 25.9 Å². The van der Waals surface area contributed by atoms with Gasteiger partial charge in [-0.3, -0.25) is 14.3 Å². The van der Waals surface area contributed by atoms with Crippen LogP contribution < -0.4 is 10.9 Å². The van der Waals surface area contributed by atoms with Gasteiger partial charge < -0.3 is 5.32 Å². The van der Waals surface area contributed by atoms with Gasteiger partial charge in [-0.25, -0.2) is 5.10 Å². The van der Waals surface area contributed by atoms with Crippen molar-refractivity contribution in [2.75, 3.05) is 5.32 Å². The Hall–Kier alpha value is -3.74. The number of carbonyl (C=O) groups is 1. The predicted molar refractivity (Wildman–Crippen MR) is 115 cm³/mol. The molecule has 1 saturated carbocycles. The third kappa shape index (κ3) is 3.39. The van der Waals surface area contributed by atoms with Crippen molar-refractivity contribution >= 4 is 22.4 Å². The maximum Gasteiger partial charge on any atom is 0.272 e. The van der Waals surface area contributed by atoms with Crippen LogP contribution in [0.25, 0.3) is 22.0 Å². The van der Waals surface area contributed by atoms with Crippen molar-refractivity contribution in [3.05, 3.63) is 76.8 Å². The normalized spacial score (nSPS) is 14.3. The number of carbonyl (C=O) groups excluding carboxylic acids is 1. The average Bonchev–Trinajstić information content (AvgIpc) is 3.47. The van der Waals surface area contributed by atoms with E-state index >= 15 is 0 Å². The number of nitrogens with one attached hydrogen (secondary N) is 2. The second-order valence-electron chi connectivity index (χ2n) is 7.63. The first-order chi connectivity index (χ1) is 14.7. The molecule has 30 heavy (non-hydrogen) atoms. The second-order valence-corrected chi connectivity index (χ2v) is 7.63. The van der Waals surface area contributed by atoms with Crippen LogP contribution in [-0.2, 0) is 0 Å². The van der Waals surface area contributed by atoms with Gasteiger partial charge in [0.2, 0.25) is 0 Å². The molecule has 2 aromatic carbocycles. The molecule has 7 nitrogen and oxygen atoms in total. The maximum absolute atomic E-state index is 12.6. The molecule has 4 aromatic rings. The van der Waals surface area contributed by atoms with Crippen LogP contribution in [0.1, 0.15) is 42.1 Å². The Kier molecular flexibility index (Phi) is 4.63. The van der Waals surface area contributed by atoms with E-state index in [-0.39, 0.29) is 11.5 Å². The Labute approximate surface area is 172 Å². The van der Waals surface area contributed by atoms with Gasteiger partial charge in [-0.2, -0.15) is 10.2 Å². The number of H-pyrrole nitrogens is 1. The summed E-state index contributed by atoms with van der Waals surface area (Å²) in [4.78, 5) is 24.6. The molecular weight excluding hydrogens is 378 g/mol. The van der Waals surface area contributed by atoms with Crippen molar-refractivity contribution in [3.63, 3.8) is 0 Å². The minimum Gasteiger partial charge on any atom is -0.322 e. The number of nitrogens with zero attached hydrogens (tertiary/aromatic N) is 3. The fourth-order valence-corrected chi connectivity index (χ4v) is 4.07. The molecule has 1 fully saturated rings. The molecule has 0 unspecified atom stereocenters. The van der Waals surface area contributed by atoms with Crippen molar-refractivity contribution in [3.8, 4) is 11.3 Å². The molecule has 2 N–H and O–H groups in total. The lowest BCUT2D eigenvalue weighted by molar-refractivity contribution is 0.102. The van der Waals surface area contributed by atoms with Crippen LogP contribution in [0.5, 0.6) is 0 Å². The zero-order valence-electron chi connectivity index (χ0n) is 16.3. The number of aromatic amines is 1. The first-order valence-corrected chi connectivity index (χ1v) is 10.1. The monoisotopic (exact) mass is 399 g/mol. The van der Waals surface area contributed by atoms with Crippen molar-refractivity contribution in [2.24, 2.45) is 0 Å². The van der Waals surface area contributed by atoms with E-state index in [0.717, 1.165) is 23.8 Å². The lowest BCUT2D eigenvalue weighted by atomic mass is 10.0. The van der Waals surface area contributed by atoms with E-state index < -0.39 is 0 Å². The molecule has 0 atom stereocenters. The Morgan fingerprint density at radius 3 is 2.53 bits per heavy atom. The number of amides is 1. The molecule has 1 amide bonds.